The van der Waals surface area contributed by atoms with Gasteiger partial charge in [0.2, 0.25) is 0 Å². The van der Waals surface area contributed by atoms with Gasteiger partial charge in [-0.15, -0.1) is 0 Å². The van der Waals surface area contributed by atoms with E-state index in [9.17, 15) is 0 Å². The van der Waals surface area contributed by atoms with Crippen LogP contribution in [-0.2, 0) is 12.8 Å². The van der Waals surface area contributed by atoms with Crippen LogP contribution < -0.4 is 0 Å². The molecule has 0 radical (unpaired) electrons. The van der Waals surface area contributed by atoms with Gasteiger partial charge < -0.3 is 0 Å². The Labute approximate surface area is 81.0 Å². The predicted octanol–water partition coefficient (Wildman–Crippen LogP) is 3.59. The summed E-state index contributed by atoms with van der Waals surface area (Å²) in [6.45, 7) is 2.38. The summed E-state index contributed by atoms with van der Waals surface area (Å²) < 4.78 is 0. The molecule has 0 spiro atoms. The molecule has 0 N–H and O–H groups in total. The van der Waals surface area contributed by atoms with E-state index in [2.05, 4.69) is 31.2 Å². The summed E-state index contributed by atoms with van der Waals surface area (Å²) in [7, 11) is 0. The molecule has 2 rings (SSSR count). The van der Waals surface area contributed by atoms with Crippen LogP contribution in [0.2, 0.25) is 0 Å². The van der Waals surface area contributed by atoms with Crippen LogP contribution in [0, 0.1) is 5.92 Å². The topological polar surface area (TPSA) is 0 Å². The minimum Gasteiger partial charge on any atom is -0.0625 e. The minimum absolute atomic E-state index is 0.924. The lowest BCUT2D eigenvalue weighted by molar-refractivity contribution is 0.463. The first-order valence-corrected chi connectivity index (χ1v) is 5.43. The number of benzene rings is 1. The molecule has 0 heterocycles. The number of hydrogen-bond acceptors (Lipinski definition) is 0. The fraction of sp³-hybridized carbons (Fsp3) is 0.538. The Bertz CT molecular complexity index is 275. The molecule has 0 saturated heterocycles. The first-order valence-electron chi connectivity index (χ1n) is 5.43. The Kier molecular flexibility index (Phi) is 2.68. The highest BCUT2D eigenvalue weighted by molar-refractivity contribution is 5.27. The second kappa shape index (κ2) is 3.95. The molecule has 0 nitrogen and oxygen atoms in total. The van der Waals surface area contributed by atoms with E-state index in [-0.39, 0.29) is 0 Å². The van der Waals surface area contributed by atoms with Gasteiger partial charge >= 0.3 is 0 Å². The second-order valence-corrected chi connectivity index (χ2v) is 4.30. The van der Waals surface area contributed by atoms with Crippen LogP contribution in [0.25, 0.3) is 0 Å². The van der Waals surface area contributed by atoms with Gasteiger partial charge in [-0.25, -0.2) is 0 Å². The average molecular weight is 174 g/mol. The van der Waals surface area contributed by atoms with Crippen LogP contribution in [0.1, 0.15) is 37.3 Å². The molecule has 0 bridgehead atoms. The molecular weight excluding hydrogens is 156 g/mol. The summed E-state index contributed by atoms with van der Waals surface area (Å²) in [6, 6.07) is 8.94. The summed E-state index contributed by atoms with van der Waals surface area (Å²) in [5.41, 5.74) is 3.18. The molecule has 70 valence electrons. The van der Waals surface area contributed by atoms with Crippen LogP contribution in [0.4, 0.5) is 0 Å². The van der Waals surface area contributed by atoms with E-state index in [0.29, 0.717) is 0 Å². The van der Waals surface area contributed by atoms with Gasteiger partial charge in [0.05, 0.1) is 0 Å². The van der Waals surface area contributed by atoms with Crippen molar-refractivity contribution in [1.82, 2.24) is 0 Å². The summed E-state index contributed by atoms with van der Waals surface area (Å²) in [5, 5.41) is 0. The average Bonchev–Trinajstić information content (AvgIpc) is 2.13. The maximum atomic E-state index is 2.38. The zero-order valence-electron chi connectivity index (χ0n) is 8.42. The fourth-order valence-electron chi connectivity index (χ4n) is 2.23. The third-order valence-electron chi connectivity index (χ3n) is 3.17. The van der Waals surface area contributed by atoms with Gasteiger partial charge in [0, 0.05) is 0 Å². The molecule has 0 aliphatic heterocycles. The monoisotopic (exact) mass is 174 g/mol. The van der Waals surface area contributed by atoms with E-state index in [0.717, 1.165) is 5.92 Å². The lowest BCUT2D eigenvalue weighted by atomic mass is 9.88. The van der Waals surface area contributed by atoms with E-state index in [4.69, 9.17) is 0 Å². The summed E-state index contributed by atoms with van der Waals surface area (Å²) in [6.07, 6.45) is 6.74. The van der Waals surface area contributed by atoms with E-state index < -0.39 is 0 Å². The van der Waals surface area contributed by atoms with Gasteiger partial charge in [-0.1, -0.05) is 37.6 Å². The Balaban J connectivity index is 2.20. The van der Waals surface area contributed by atoms with Crippen LogP contribution in [0.3, 0.4) is 0 Å². The third-order valence-corrected chi connectivity index (χ3v) is 3.17. The Morgan fingerprint density at radius 1 is 1.00 bits per heavy atom. The largest absolute Gasteiger partial charge is 0.0625 e. The van der Waals surface area contributed by atoms with E-state index in [1.54, 1.807) is 11.1 Å². The maximum absolute atomic E-state index is 2.38. The predicted molar refractivity (Wildman–Crippen MR) is 56.9 cm³/mol. The molecule has 1 aromatic rings. The molecule has 1 atom stereocenters. The molecule has 1 aliphatic carbocycles. The van der Waals surface area contributed by atoms with Crippen LogP contribution in [0.15, 0.2) is 24.3 Å². The van der Waals surface area contributed by atoms with E-state index in [1.807, 2.05) is 0 Å². The molecule has 13 heavy (non-hydrogen) atoms. The number of aryl methyl sites for hydroxylation is 2. The lowest BCUT2D eigenvalue weighted by Crippen LogP contribution is -2.05. The standard InChI is InChI=1S/C13H18/c1-11-5-4-8-12-6-2-3-7-13(12)10-9-11/h2-3,6-7,11H,4-5,8-10H2,1H3. The highest BCUT2D eigenvalue weighted by Gasteiger charge is 2.09. The van der Waals surface area contributed by atoms with Crippen molar-refractivity contribution in [2.24, 2.45) is 5.92 Å². The van der Waals surface area contributed by atoms with Gasteiger partial charge in [0.1, 0.15) is 0 Å². The molecule has 1 aromatic carbocycles. The summed E-state index contributed by atoms with van der Waals surface area (Å²) in [5.74, 6) is 0.924. The van der Waals surface area contributed by atoms with E-state index >= 15 is 0 Å². The molecule has 1 aliphatic rings. The zero-order chi connectivity index (χ0) is 9.10. The molecule has 0 saturated carbocycles. The Hall–Kier alpha value is -0.780. The quantitative estimate of drug-likeness (QED) is 0.564. The Morgan fingerprint density at radius 2 is 1.69 bits per heavy atom. The smallest absolute Gasteiger partial charge is 0.0274 e. The summed E-state index contributed by atoms with van der Waals surface area (Å²) in [4.78, 5) is 0. The molecule has 0 heteroatoms. The number of rotatable bonds is 0. The van der Waals surface area contributed by atoms with Crippen molar-refractivity contribution in [1.29, 1.82) is 0 Å². The molecule has 1 unspecified atom stereocenters. The van der Waals surface area contributed by atoms with Crippen LogP contribution in [-0.4, -0.2) is 0 Å². The van der Waals surface area contributed by atoms with Gasteiger partial charge in [0.25, 0.3) is 0 Å². The molecule has 0 aromatic heterocycles. The van der Waals surface area contributed by atoms with Crippen LogP contribution in [0.5, 0.6) is 0 Å². The van der Waals surface area contributed by atoms with Crippen molar-refractivity contribution >= 4 is 0 Å². The molecular formula is C13H18. The first-order chi connectivity index (χ1) is 6.36. The highest BCUT2D eigenvalue weighted by atomic mass is 14.1. The molecule has 0 fully saturated rings. The van der Waals surface area contributed by atoms with E-state index in [1.165, 1.54) is 32.1 Å². The fourth-order valence-corrected chi connectivity index (χ4v) is 2.23. The van der Waals surface area contributed by atoms with Gasteiger partial charge in [0.15, 0.2) is 0 Å². The minimum atomic E-state index is 0.924. The Morgan fingerprint density at radius 3 is 2.46 bits per heavy atom. The lowest BCUT2D eigenvalue weighted by Gasteiger charge is -2.17. The van der Waals surface area contributed by atoms with Gasteiger partial charge in [-0.05, 0) is 42.7 Å². The van der Waals surface area contributed by atoms with Crippen molar-refractivity contribution in [3.8, 4) is 0 Å². The summed E-state index contributed by atoms with van der Waals surface area (Å²) >= 11 is 0. The van der Waals surface area contributed by atoms with Crippen molar-refractivity contribution in [3.63, 3.8) is 0 Å². The third kappa shape index (κ3) is 2.12. The van der Waals surface area contributed by atoms with Crippen LogP contribution >= 0.6 is 0 Å². The zero-order valence-corrected chi connectivity index (χ0v) is 8.42. The number of hydrogen-bond donors (Lipinski definition) is 0. The normalized spacial score (nSPS) is 23.0. The van der Waals surface area contributed by atoms with Crippen molar-refractivity contribution < 1.29 is 0 Å². The van der Waals surface area contributed by atoms with Gasteiger partial charge in [-0.2, -0.15) is 0 Å². The maximum Gasteiger partial charge on any atom is -0.0274 e. The molecule has 0 amide bonds. The van der Waals surface area contributed by atoms with Gasteiger partial charge in [-0.3, -0.25) is 0 Å². The van der Waals surface area contributed by atoms with Crippen molar-refractivity contribution in [2.75, 3.05) is 0 Å². The SMILES string of the molecule is CC1CCCc2ccccc2CC1. The first kappa shape index (κ1) is 8.80. The number of fused-ring (bicyclic) bond motifs is 1. The van der Waals surface area contributed by atoms with Crippen molar-refractivity contribution in [3.05, 3.63) is 35.4 Å². The second-order valence-electron chi connectivity index (χ2n) is 4.30. The van der Waals surface area contributed by atoms with Crippen molar-refractivity contribution in [2.45, 2.75) is 39.0 Å². The highest BCUT2D eigenvalue weighted by Crippen LogP contribution is 2.22.